The van der Waals surface area contributed by atoms with E-state index in [4.69, 9.17) is 0 Å². The first-order valence-electron chi connectivity index (χ1n) is 18.7. The van der Waals surface area contributed by atoms with Gasteiger partial charge in [-0.2, -0.15) is 0 Å². The van der Waals surface area contributed by atoms with Crippen LogP contribution in [0.2, 0.25) is 0 Å². The predicted molar refractivity (Wildman–Crippen MR) is 238 cm³/mol. The van der Waals surface area contributed by atoms with Crippen molar-refractivity contribution in [1.82, 2.24) is 0 Å². The molecule has 11 aromatic rings. The minimum Gasteiger partial charge on any atom is -0.0984 e. The standard InChI is InChI=1S/C54H34/c1-3-37-38(4-2)51-31-49(43-19-9-13-23-47(43)53(51)45-21-11-7-15-39(37)45)35-27-25-34-30-36(28-26-33(34)29-35)50-32-52-42-18-6-5-16-40(42)41-17-8-12-22-46(41)54(52)48-24-14-10-20-44(48)50/h3-32H,1-2H2. The molecule has 0 aliphatic heterocycles. The molecule has 0 heteroatoms. The molecule has 0 bridgehead atoms. The molecule has 0 aromatic heterocycles. The highest BCUT2D eigenvalue weighted by molar-refractivity contribution is 6.33. The Morgan fingerprint density at radius 1 is 0.278 bits per heavy atom. The van der Waals surface area contributed by atoms with Crippen LogP contribution < -0.4 is 0 Å². The third-order valence-electron chi connectivity index (χ3n) is 11.7. The summed E-state index contributed by atoms with van der Waals surface area (Å²) in [5, 5.41) is 20.2. The van der Waals surface area contributed by atoms with E-state index in [9.17, 15) is 0 Å². The van der Waals surface area contributed by atoms with E-state index in [0.717, 1.165) is 11.1 Å². The van der Waals surface area contributed by atoms with Crippen LogP contribution in [0.25, 0.3) is 121 Å². The first kappa shape index (κ1) is 30.6. The molecule has 0 saturated heterocycles. The lowest BCUT2D eigenvalue weighted by atomic mass is 9.85. The van der Waals surface area contributed by atoms with Crippen molar-refractivity contribution in [3.05, 3.63) is 194 Å². The molecule has 11 rings (SSSR count). The summed E-state index contributed by atoms with van der Waals surface area (Å²) in [6.07, 6.45) is 3.97. The van der Waals surface area contributed by atoms with Gasteiger partial charge in [-0.05, 0) is 144 Å². The Kier molecular flexibility index (Phi) is 6.66. The van der Waals surface area contributed by atoms with Crippen molar-refractivity contribution >= 4 is 98.3 Å². The van der Waals surface area contributed by atoms with Crippen molar-refractivity contribution in [2.24, 2.45) is 0 Å². The number of rotatable bonds is 4. The maximum absolute atomic E-state index is 4.27. The number of hydrogen-bond acceptors (Lipinski definition) is 0. The molecule has 250 valence electrons. The third-order valence-corrected chi connectivity index (χ3v) is 11.7. The van der Waals surface area contributed by atoms with Crippen LogP contribution in [0.3, 0.4) is 0 Å². The lowest BCUT2D eigenvalue weighted by Crippen LogP contribution is -1.92. The van der Waals surface area contributed by atoms with E-state index in [-0.39, 0.29) is 0 Å². The van der Waals surface area contributed by atoms with Crippen molar-refractivity contribution in [3.63, 3.8) is 0 Å². The second-order valence-corrected chi connectivity index (χ2v) is 14.4. The molecular weight excluding hydrogens is 649 g/mol. The Hall–Kier alpha value is -7.02. The summed E-state index contributed by atoms with van der Waals surface area (Å²) < 4.78 is 0. The molecule has 11 aromatic carbocycles. The molecule has 54 heavy (non-hydrogen) atoms. The minimum atomic E-state index is 1.12. The highest BCUT2D eigenvalue weighted by Gasteiger charge is 2.18. The lowest BCUT2D eigenvalue weighted by molar-refractivity contribution is 1.67. The van der Waals surface area contributed by atoms with Crippen LogP contribution in [0.4, 0.5) is 0 Å². The summed E-state index contributed by atoms with van der Waals surface area (Å²) in [4.78, 5) is 0. The molecule has 0 unspecified atom stereocenters. The molecule has 0 nitrogen and oxygen atoms in total. The quantitative estimate of drug-likeness (QED) is 0.162. The Balaban J connectivity index is 1.13. The highest BCUT2D eigenvalue weighted by Crippen LogP contribution is 2.45. The van der Waals surface area contributed by atoms with Crippen LogP contribution in [-0.2, 0) is 0 Å². The molecule has 0 radical (unpaired) electrons. The molecular formula is C54H34. The van der Waals surface area contributed by atoms with Crippen molar-refractivity contribution in [2.45, 2.75) is 0 Å². The highest BCUT2D eigenvalue weighted by atomic mass is 14.2. The zero-order chi connectivity index (χ0) is 35.9. The van der Waals surface area contributed by atoms with Gasteiger partial charge in [0.05, 0.1) is 0 Å². The Morgan fingerprint density at radius 2 is 0.611 bits per heavy atom. The molecule has 0 heterocycles. The zero-order valence-electron chi connectivity index (χ0n) is 29.7. The maximum atomic E-state index is 4.27. The van der Waals surface area contributed by atoms with E-state index in [1.807, 2.05) is 12.2 Å². The molecule has 0 spiro atoms. The molecule has 0 saturated carbocycles. The lowest BCUT2D eigenvalue weighted by Gasteiger charge is -2.18. The van der Waals surface area contributed by atoms with Gasteiger partial charge in [-0.15, -0.1) is 0 Å². The van der Waals surface area contributed by atoms with Crippen LogP contribution in [-0.4, -0.2) is 0 Å². The van der Waals surface area contributed by atoms with Gasteiger partial charge in [-0.3, -0.25) is 0 Å². The van der Waals surface area contributed by atoms with E-state index >= 15 is 0 Å². The molecule has 0 atom stereocenters. The van der Waals surface area contributed by atoms with Crippen LogP contribution in [0.15, 0.2) is 183 Å². The topological polar surface area (TPSA) is 0 Å². The van der Waals surface area contributed by atoms with Crippen LogP contribution in [0.5, 0.6) is 0 Å². The SMILES string of the molecule is C=Cc1c(C=C)c2cc(-c3ccc4cc(-c5cc6c7ccccc7c7ccccc7c6c6ccccc56)ccc4c3)c3ccccc3c2c2ccccc12. The van der Waals surface area contributed by atoms with E-state index in [2.05, 4.69) is 183 Å². The van der Waals surface area contributed by atoms with Gasteiger partial charge >= 0.3 is 0 Å². The fourth-order valence-corrected chi connectivity index (χ4v) is 9.37. The molecule has 0 amide bonds. The fraction of sp³-hybridized carbons (Fsp3) is 0. The normalized spacial score (nSPS) is 11.9. The van der Waals surface area contributed by atoms with Gasteiger partial charge in [0.2, 0.25) is 0 Å². The van der Waals surface area contributed by atoms with Crippen LogP contribution >= 0.6 is 0 Å². The average Bonchev–Trinajstić information content (AvgIpc) is 3.24. The summed E-state index contributed by atoms with van der Waals surface area (Å²) in [5.74, 6) is 0. The van der Waals surface area contributed by atoms with Crippen molar-refractivity contribution in [2.75, 3.05) is 0 Å². The van der Waals surface area contributed by atoms with Crippen molar-refractivity contribution in [3.8, 4) is 22.3 Å². The Labute approximate surface area is 313 Å². The van der Waals surface area contributed by atoms with Gasteiger partial charge in [0, 0.05) is 0 Å². The number of hydrogen-bond donors (Lipinski definition) is 0. The maximum Gasteiger partial charge on any atom is -0.00199 e. The summed E-state index contributed by atoms with van der Waals surface area (Å²) in [6.45, 7) is 8.48. The van der Waals surface area contributed by atoms with Gasteiger partial charge in [-0.25, -0.2) is 0 Å². The molecule has 0 fully saturated rings. The van der Waals surface area contributed by atoms with Crippen LogP contribution in [0.1, 0.15) is 11.1 Å². The predicted octanol–water partition coefficient (Wildman–Crippen LogP) is 15.5. The van der Waals surface area contributed by atoms with Crippen molar-refractivity contribution < 1.29 is 0 Å². The zero-order valence-corrected chi connectivity index (χ0v) is 29.7. The summed E-state index contributed by atoms with van der Waals surface area (Å²) in [5.41, 5.74) is 7.15. The van der Waals surface area contributed by atoms with E-state index in [1.165, 1.54) is 108 Å². The third kappa shape index (κ3) is 4.32. The van der Waals surface area contributed by atoms with Gasteiger partial charge in [-0.1, -0.05) is 171 Å². The number of fused-ring (bicyclic) bond motifs is 14. The summed E-state index contributed by atoms with van der Waals surface area (Å²) in [6, 6.07) is 62.9. The monoisotopic (exact) mass is 682 g/mol. The van der Waals surface area contributed by atoms with Gasteiger partial charge in [0.1, 0.15) is 0 Å². The fourth-order valence-electron chi connectivity index (χ4n) is 9.37. The van der Waals surface area contributed by atoms with Crippen LogP contribution in [0, 0.1) is 0 Å². The van der Waals surface area contributed by atoms with Crippen molar-refractivity contribution in [1.29, 1.82) is 0 Å². The molecule has 0 aliphatic carbocycles. The largest absolute Gasteiger partial charge is 0.0984 e. The van der Waals surface area contributed by atoms with E-state index in [0.29, 0.717) is 0 Å². The second-order valence-electron chi connectivity index (χ2n) is 14.4. The Morgan fingerprint density at radius 3 is 1.11 bits per heavy atom. The minimum absolute atomic E-state index is 1.12. The van der Waals surface area contributed by atoms with Gasteiger partial charge in [0.25, 0.3) is 0 Å². The first-order chi connectivity index (χ1) is 26.7. The average molecular weight is 683 g/mol. The Bertz CT molecular complexity index is 3410. The van der Waals surface area contributed by atoms with E-state index < -0.39 is 0 Å². The van der Waals surface area contributed by atoms with Gasteiger partial charge in [0.15, 0.2) is 0 Å². The molecule has 0 aliphatic rings. The molecule has 0 N–H and O–H groups in total. The summed E-state index contributed by atoms with van der Waals surface area (Å²) in [7, 11) is 0. The van der Waals surface area contributed by atoms with E-state index in [1.54, 1.807) is 0 Å². The number of benzene rings is 11. The van der Waals surface area contributed by atoms with Gasteiger partial charge < -0.3 is 0 Å². The second kappa shape index (κ2) is 11.7. The summed E-state index contributed by atoms with van der Waals surface area (Å²) >= 11 is 0. The smallest absolute Gasteiger partial charge is 0.00199 e. The first-order valence-corrected chi connectivity index (χ1v) is 18.7.